The van der Waals surface area contributed by atoms with E-state index >= 15 is 0 Å². The average Bonchev–Trinajstić information content (AvgIpc) is 2.73. The van der Waals surface area contributed by atoms with Gasteiger partial charge >= 0.3 is 0 Å². The van der Waals surface area contributed by atoms with Crippen LogP contribution in [0.4, 0.5) is 9.52 Å². The van der Waals surface area contributed by atoms with Crippen molar-refractivity contribution in [3.05, 3.63) is 39.8 Å². The van der Waals surface area contributed by atoms with Crippen LogP contribution in [0.25, 0.3) is 4.72 Å². The van der Waals surface area contributed by atoms with E-state index in [4.69, 9.17) is 0 Å². The highest BCUT2D eigenvalue weighted by Crippen LogP contribution is 2.32. The monoisotopic (exact) mass is 328 g/mol. The van der Waals surface area contributed by atoms with E-state index in [0.717, 1.165) is 28.5 Å². The van der Waals surface area contributed by atoms with Gasteiger partial charge in [0.15, 0.2) is 0 Å². The number of benzene rings is 1. The molecule has 0 fully saturated rings. The molecule has 21 heavy (non-hydrogen) atoms. The lowest BCUT2D eigenvalue weighted by Gasteiger charge is -2.15. The molecule has 2 rings (SSSR count). The zero-order valence-corrected chi connectivity index (χ0v) is 13.5. The lowest BCUT2D eigenvalue weighted by Crippen LogP contribution is -2.08. The van der Waals surface area contributed by atoms with Gasteiger partial charge in [-0.15, -0.1) is 11.3 Å². The van der Waals surface area contributed by atoms with Gasteiger partial charge in [0, 0.05) is 11.6 Å². The summed E-state index contributed by atoms with van der Waals surface area (Å²) in [5, 5.41) is 8.54. The highest BCUT2D eigenvalue weighted by Gasteiger charge is 2.14. The molecule has 0 N–H and O–H groups in total. The van der Waals surface area contributed by atoms with Gasteiger partial charge in [0.25, 0.3) is 0 Å². The number of hydrogen-bond donors (Lipinski definition) is 0. The Morgan fingerprint density at radius 3 is 2.38 bits per heavy atom. The zero-order chi connectivity index (χ0) is 15.7. The average molecular weight is 328 g/mol. The van der Waals surface area contributed by atoms with Gasteiger partial charge in [-0.1, -0.05) is 20.8 Å². The normalized spacial score (nSPS) is 12.4. The number of aromatic nitrogens is 2. The van der Waals surface area contributed by atoms with Gasteiger partial charge in [-0.05, 0) is 29.7 Å². The first kappa shape index (κ1) is 15.8. The van der Waals surface area contributed by atoms with Crippen molar-refractivity contribution in [3.8, 4) is 0 Å². The van der Waals surface area contributed by atoms with Crippen LogP contribution in [-0.2, 0) is 16.4 Å². The molecule has 0 aliphatic carbocycles. The molecule has 0 saturated carbocycles. The Labute approximate surface area is 127 Å². The summed E-state index contributed by atoms with van der Waals surface area (Å²) in [5.41, 5.74) is 0.0344. The molecule has 0 aliphatic rings. The maximum Gasteiger partial charge on any atom is 0.203 e. The molecule has 1 aromatic carbocycles. The molecule has 0 saturated heterocycles. The van der Waals surface area contributed by atoms with Crippen molar-refractivity contribution < 1.29 is 12.8 Å². The molecule has 0 spiro atoms. The molecule has 0 atom stereocenters. The third kappa shape index (κ3) is 4.47. The first-order chi connectivity index (χ1) is 9.66. The lowest BCUT2D eigenvalue weighted by molar-refractivity contribution is 0.409. The van der Waals surface area contributed by atoms with Crippen LogP contribution in [0.2, 0.25) is 0 Å². The standard InChI is InChI=1S/C13H15FN3O2S2/c1-13(2,3)8-11-15-16-12(20-11)17-21(18,19)10-6-4-9(14)5-7-10/h4-7H,8H2,1-3H3/q-1. The number of nitrogens with zero attached hydrogens (tertiary/aromatic N) is 3. The second-order valence-electron chi connectivity index (χ2n) is 5.74. The second kappa shape index (κ2) is 5.69. The van der Waals surface area contributed by atoms with Crippen molar-refractivity contribution in [2.24, 2.45) is 5.41 Å². The van der Waals surface area contributed by atoms with Gasteiger partial charge in [0.1, 0.15) is 5.82 Å². The summed E-state index contributed by atoms with van der Waals surface area (Å²) in [7, 11) is -3.89. The number of rotatable bonds is 4. The van der Waals surface area contributed by atoms with E-state index in [1.54, 1.807) is 0 Å². The van der Waals surface area contributed by atoms with Gasteiger partial charge in [0.05, 0.1) is 9.90 Å². The predicted molar refractivity (Wildman–Crippen MR) is 79.7 cm³/mol. The van der Waals surface area contributed by atoms with Crippen molar-refractivity contribution in [3.63, 3.8) is 0 Å². The minimum absolute atomic E-state index is 0.0344. The Balaban J connectivity index is 2.16. The van der Waals surface area contributed by atoms with Crippen LogP contribution in [0.5, 0.6) is 0 Å². The first-order valence-corrected chi connectivity index (χ1v) is 8.47. The van der Waals surface area contributed by atoms with Crippen molar-refractivity contribution in [1.29, 1.82) is 0 Å². The lowest BCUT2D eigenvalue weighted by atomic mass is 9.93. The Morgan fingerprint density at radius 1 is 1.19 bits per heavy atom. The molecule has 5 nitrogen and oxygen atoms in total. The molecule has 0 radical (unpaired) electrons. The van der Waals surface area contributed by atoms with Gasteiger partial charge in [-0.25, -0.2) is 12.8 Å². The van der Waals surface area contributed by atoms with E-state index < -0.39 is 15.8 Å². The van der Waals surface area contributed by atoms with Crippen LogP contribution in [0.1, 0.15) is 25.8 Å². The highest BCUT2D eigenvalue weighted by atomic mass is 32.2. The minimum atomic E-state index is -3.89. The van der Waals surface area contributed by atoms with Crippen LogP contribution in [0.15, 0.2) is 29.2 Å². The quantitative estimate of drug-likeness (QED) is 0.858. The smallest absolute Gasteiger partial charge is 0.203 e. The van der Waals surface area contributed by atoms with Crippen molar-refractivity contribution >= 4 is 26.5 Å². The number of halogens is 1. The second-order valence-corrected chi connectivity index (χ2v) is 8.38. The van der Waals surface area contributed by atoms with E-state index in [1.165, 1.54) is 12.1 Å². The molecule has 2 aromatic rings. The molecule has 0 amide bonds. The third-order valence-corrected chi connectivity index (χ3v) is 4.66. The summed E-state index contributed by atoms with van der Waals surface area (Å²) in [6.45, 7) is 6.17. The molecule has 0 aliphatic heterocycles. The van der Waals surface area contributed by atoms with Crippen molar-refractivity contribution in [2.45, 2.75) is 32.1 Å². The van der Waals surface area contributed by atoms with Crippen molar-refractivity contribution in [1.82, 2.24) is 10.2 Å². The fourth-order valence-electron chi connectivity index (χ4n) is 1.57. The molecule has 0 bridgehead atoms. The maximum atomic E-state index is 12.8. The van der Waals surface area contributed by atoms with E-state index in [0.29, 0.717) is 6.42 Å². The molecule has 8 heteroatoms. The van der Waals surface area contributed by atoms with Gasteiger partial charge in [-0.3, -0.25) is 5.10 Å². The first-order valence-electron chi connectivity index (χ1n) is 6.22. The predicted octanol–water partition coefficient (Wildman–Crippen LogP) is 3.66. The van der Waals surface area contributed by atoms with Gasteiger partial charge in [0.2, 0.25) is 10.0 Å². The fraction of sp³-hybridized carbons (Fsp3) is 0.385. The van der Waals surface area contributed by atoms with Crippen molar-refractivity contribution in [2.75, 3.05) is 0 Å². The Bertz CT molecular complexity index is 719. The molecular weight excluding hydrogens is 313 g/mol. The zero-order valence-electron chi connectivity index (χ0n) is 11.9. The fourth-order valence-corrected chi connectivity index (χ4v) is 3.72. The van der Waals surface area contributed by atoms with Crippen LogP contribution in [0, 0.1) is 11.2 Å². The third-order valence-electron chi connectivity index (χ3n) is 2.45. The van der Waals surface area contributed by atoms with Crippen LogP contribution in [-0.4, -0.2) is 18.6 Å². The van der Waals surface area contributed by atoms with Crippen LogP contribution in [0.3, 0.4) is 0 Å². The maximum absolute atomic E-state index is 12.8. The summed E-state index contributed by atoms with van der Waals surface area (Å²) in [5.74, 6) is -0.502. The number of sulfonamides is 1. The SMILES string of the molecule is CC(C)(C)Cc1nnc([N-]S(=O)(=O)c2ccc(F)cc2)s1. The molecular formula is C13H15FN3O2S2-. The topological polar surface area (TPSA) is 74.0 Å². The van der Waals surface area contributed by atoms with Gasteiger partial charge in [-0.2, -0.15) is 0 Å². The molecule has 0 unspecified atom stereocenters. The molecule has 1 heterocycles. The Kier molecular flexibility index (Phi) is 4.29. The highest BCUT2D eigenvalue weighted by molar-refractivity contribution is 7.94. The largest absolute Gasteiger partial charge is 0.342 e. The Morgan fingerprint density at radius 2 is 1.81 bits per heavy atom. The van der Waals surface area contributed by atoms with Crippen LogP contribution >= 0.6 is 11.3 Å². The summed E-state index contributed by atoms with van der Waals surface area (Å²) in [6.07, 6.45) is 0.691. The number of hydrogen-bond acceptors (Lipinski definition) is 5. The van der Waals surface area contributed by atoms with Gasteiger partial charge < -0.3 is 9.82 Å². The van der Waals surface area contributed by atoms with E-state index in [2.05, 4.69) is 35.7 Å². The van der Waals surface area contributed by atoms with E-state index in [9.17, 15) is 12.8 Å². The summed E-state index contributed by atoms with van der Waals surface area (Å²) < 4.78 is 40.6. The van der Waals surface area contributed by atoms with E-state index in [1.807, 2.05) is 0 Å². The summed E-state index contributed by atoms with van der Waals surface area (Å²) >= 11 is 1.14. The summed E-state index contributed by atoms with van der Waals surface area (Å²) in [6, 6.07) is 4.50. The van der Waals surface area contributed by atoms with E-state index in [-0.39, 0.29) is 15.4 Å². The molecule has 1 aromatic heterocycles. The summed E-state index contributed by atoms with van der Waals surface area (Å²) in [4.78, 5) is -0.0727. The Hall–Kier alpha value is -1.54. The van der Waals surface area contributed by atoms with Crippen LogP contribution < -0.4 is 0 Å². The molecule has 114 valence electrons. The minimum Gasteiger partial charge on any atom is -0.342 e.